The molecule has 1 aromatic heterocycles. The molecule has 0 saturated carbocycles. The Kier molecular flexibility index (Phi) is 7.70. The zero-order chi connectivity index (χ0) is 23.1. The summed E-state index contributed by atoms with van der Waals surface area (Å²) in [6.45, 7) is 2.98. The quantitative estimate of drug-likeness (QED) is 0.169. The fraction of sp³-hybridized carbons (Fsp3) is 0.0800. The van der Waals surface area contributed by atoms with Gasteiger partial charge in [0.05, 0.1) is 0 Å². The largest absolute Gasteiger partial charge is 0.673 e. The van der Waals surface area contributed by atoms with Gasteiger partial charge in [-0.2, -0.15) is 4.57 Å². The number of aromatic nitrogens is 1. The molecule has 164 valence electrons. The van der Waals surface area contributed by atoms with Gasteiger partial charge in [0.25, 0.3) is 0 Å². The van der Waals surface area contributed by atoms with E-state index in [1.807, 2.05) is 12.1 Å². The van der Waals surface area contributed by atoms with Crippen LogP contribution in [0.25, 0.3) is 22.4 Å². The van der Waals surface area contributed by atoms with Crippen molar-refractivity contribution in [2.24, 2.45) is 0 Å². The number of halogens is 5. The molecule has 0 aliphatic heterocycles. The minimum atomic E-state index is -6.00. The van der Waals surface area contributed by atoms with Gasteiger partial charge < -0.3 is 17.3 Å². The average Bonchev–Trinajstić information content (AvgIpc) is 2.76. The molecule has 0 spiro atoms. The first-order valence-electron chi connectivity index (χ1n) is 9.98. The number of hydrogen-bond acceptors (Lipinski definition) is 0. The Morgan fingerprint density at radius 3 is 1.72 bits per heavy atom. The molecule has 0 fully saturated rings. The van der Waals surface area contributed by atoms with E-state index in [4.69, 9.17) is 11.6 Å². The number of aryl methyl sites for hydroxylation is 1. The zero-order valence-electron chi connectivity index (χ0n) is 17.4. The van der Waals surface area contributed by atoms with E-state index in [1.54, 1.807) is 0 Å². The van der Waals surface area contributed by atoms with Crippen molar-refractivity contribution in [3.8, 4) is 22.4 Å². The lowest BCUT2D eigenvalue weighted by molar-refractivity contribution is -0.683. The monoisotopic (exact) mass is 457 g/mol. The van der Waals surface area contributed by atoms with Crippen LogP contribution in [0.1, 0.15) is 11.3 Å². The van der Waals surface area contributed by atoms with Gasteiger partial charge in [-0.05, 0) is 35.4 Å². The van der Waals surface area contributed by atoms with E-state index >= 15 is 0 Å². The number of hydrogen-bond donors (Lipinski definition) is 0. The van der Waals surface area contributed by atoms with Crippen LogP contribution in [0.3, 0.4) is 0 Å². The third-order valence-electron chi connectivity index (χ3n) is 4.80. The Morgan fingerprint density at radius 1 is 0.688 bits per heavy atom. The molecule has 0 radical (unpaired) electrons. The summed E-state index contributed by atoms with van der Waals surface area (Å²) >= 11 is 6.05. The second kappa shape index (κ2) is 10.5. The molecule has 0 bridgehead atoms. The van der Waals surface area contributed by atoms with Crippen LogP contribution in [0, 0.1) is 6.92 Å². The highest BCUT2D eigenvalue weighted by Crippen LogP contribution is 2.25. The van der Waals surface area contributed by atoms with Crippen LogP contribution in [-0.2, 0) is 6.54 Å². The zero-order valence-corrected chi connectivity index (χ0v) is 18.1. The first kappa shape index (κ1) is 23.5. The molecule has 0 aliphatic rings. The van der Waals surface area contributed by atoms with Crippen LogP contribution >= 0.6 is 11.6 Å². The minimum Gasteiger partial charge on any atom is -0.418 e. The number of pyridine rings is 1. The highest BCUT2D eigenvalue weighted by Gasteiger charge is 2.21. The molecule has 4 aromatic rings. The van der Waals surface area contributed by atoms with Gasteiger partial charge in [-0.1, -0.05) is 72.3 Å². The van der Waals surface area contributed by atoms with Crippen molar-refractivity contribution in [1.82, 2.24) is 0 Å². The van der Waals surface area contributed by atoms with Gasteiger partial charge in [0.15, 0.2) is 12.2 Å². The summed E-state index contributed by atoms with van der Waals surface area (Å²) in [5.41, 5.74) is 7.36. The second-order valence-electron chi connectivity index (χ2n) is 7.21. The van der Waals surface area contributed by atoms with E-state index in [9.17, 15) is 17.3 Å². The van der Waals surface area contributed by atoms with Crippen molar-refractivity contribution in [2.75, 3.05) is 0 Å². The number of nitrogens with zero attached hydrogens (tertiary/aromatic N) is 1. The van der Waals surface area contributed by atoms with Gasteiger partial charge in [0, 0.05) is 35.2 Å². The smallest absolute Gasteiger partial charge is 0.418 e. The normalized spacial score (nSPS) is 10.9. The maximum Gasteiger partial charge on any atom is 0.673 e. The topological polar surface area (TPSA) is 3.88 Å². The molecule has 0 unspecified atom stereocenters. The lowest BCUT2D eigenvalue weighted by atomic mass is 10.0. The van der Waals surface area contributed by atoms with Crippen molar-refractivity contribution >= 4 is 18.9 Å². The van der Waals surface area contributed by atoms with Gasteiger partial charge in [0.1, 0.15) is 0 Å². The van der Waals surface area contributed by atoms with Crippen molar-refractivity contribution in [3.05, 3.63) is 113 Å². The molecule has 0 atom stereocenters. The first-order valence-corrected chi connectivity index (χ1v) is 10.4. The molecule has 3 aromatic carbocycles. The molecule has 0 N–H and O–H groups in total. The molecular formula is C25H21BClF4N. The van der Waals surface area contributed by atoms with Gasteiger partial charge in [-0.3, -0.25) is 0 Å². The van der Waals surface area contributed by atoms with Crippen LogP contribution < -0.4 is 4.57 Å². The third kappa shape index (κ3) is 6.96. The highest BCUT2D eigenvalue weighted by molar-refractivity contribution is 6.50. The summed E-state index contributed by atoms with van der Waals surface area (Å²) in [4.78, 5) is 0. The SMILES string of the molecule is Cc1cc(-c2ccccc2)cc(-c2ccccc2)[n+]1Cc1ccc(Cl)cc1.F[B-](F)(F)F. The van der Waals surface area contributed by atoms with E-state index < -0.39 is 7.25 Å². The van der Waals surface area contributed by atoms with Crippen LogP contribution in [0.15, 0.2) is 97.1 Å². The van der Waals surface area contributed by atoms with Gasteiger partial charge >= 0.3 is 7.25 Å². The molecule has 0 aliphatic carbocycles. The molecular weight excluding hydrogens is 437 g/mol. The lowest BCUT2D eigenvalue weighted by Crippen LogP contribution is -2.40. The van der Waals surface area contributed by atoms with E-state index in [0.29, 0.717) is 0 Å². The predicted molar refractivity (Wildman–Crippen MR) is 123 cm³/mol. The van der Waals surface area contributed by atoms with Crippen molar-refractivity contribution in [2.45, 2.75) is 13.5 Å². The molecule has 1 nitrogen and oxygen atoms in total. The summed E-state index contributed by atoms with van der Waals surface area (Å²) in [6, 6.07) is 33.8. The first-order chi connectivity index (χ1) is 15.2. The Labute approximate surface area is 190 Å². The van der Waals surface area contributed by atoms with Crippen molar-refractivity contribution in [1.29, 1.82) is 0 Å². The number of benzene rings is 3. The second-order valence-corrected chi connectivity index (χ2v) is 7.65. The Balaban J connectivity index is 0.000000523. The fourth-order valence-electron chi connectivity index (χ4n) is 3.39. The summed E-state index contributed by atoms with van der Waals surface area (Å²) in [6.07, 6.45) is 0. The van der Waals surface area contributed by atoms with Crippen molar-refractivity contribution in [3.63, 3.8) is 0 Å². The summed E-state index contributed by atoms with van der Waals surface area (Å²) in [5.74, 6) is 0. The Bertz CT molecular complexity index is 1140. The summed E-state index contributed by atoms with van der Waals surface area (Å²) < 4.78 is 41.4. The van der Waals surface area contributed by atoms with Gasteiger partial charge in [-0.25, -0.2) is 0 Å². The highest BCUT2D eigenvalue weighted by atomic mass is 35.5. The van der Waals surface area contributed by atoms with Crippen LogP contribution in [0.5, 0.6) is 0 Å². The van der Waals surface area contributed by atoms with E-state index in [0.717, 1.165) is 11.6 Å². The maximum atomic E-state index is 9.75. The molecule has 1 heterocycles. The molecule has 0 amide bonds. The fourth-order valence-corrected chi connectivity index (χ4v) is 3.51. The van der Waals surface area contributed by atoms with E-state index in [2.05, 4.69) is 96.4 Å². The van der Waals surface area contributed by atoms with Crippen LogP contribution in [0.4, 0.5) is 17.3 Å². The standard InChI is InChI=1S/C25H21ClN.BF4/c1-19-16-23(21-8-4-2-5-9-21)17-25(22-10-6-3-7-11-22)27(19)18-20-12-14-24(26)15-13-20;2-1(3,4)5/h2-17H,18H2,1H3;/q+1;-1. The minimum absolute atomic E-state index is 0.767. The average molecular weight is 458 g/mol. The Morgan fingerprint density at radius 2 is 1.19 bits per heavy atom. The van der Waals surface area contributed by atoms with Crippen LogP contribution in [0.2, 0.25) is 5.02 Å². The van der Waals surface area contributed by atoms with Gasteiger partial charge in [0.2, 0.25) is 5.69 Å². The lowest BCUT2D eigenvalue weighted by Gasteiger charge is -2.11. The molecule has 0 saturated heterocycles. The molecule has 7 heteroatoms. The van der Waals surface area contributed by atoms with Crippen molar-refractivity contribution < 1.29 is 21.8 Å². The molecule has 4 rings (SSSR count). The summed E-state index contributed by atoms with van der Waals surface area (Å²) in [5, 5.41) is 0.767. The maximum absolute atomic E-state index is 9.75. The predicted octanol–water partition coefficient (Wildman–Crippen LogP) is 7.62. The van der Waals surface area contributed by atoms with E-state index in [-0.39, 0.29) is 0 Å². The Hall–Kier alpha value is -3.12. The van der Waals surface area contributed by atoms with Crippen LogP contribution in [-0.4, -0.2) is 7.25 Å². The molecule has 32 heavy (non-hydrogen) atoms. The number of rotatable bonds is 4. The van der Waals surface area contributed by atoms with Gasteiger partial charge in [-0.15, -0.1) is 0 Å². The van der Waals surface area contributed by atoms with E-state index in [1.165, 1.54) is 33.6 Å². The third-order valence-corrected chi connectivity index (χ3v) is 5.06. The summed E-state index contributed by atoms with van der Waals surface area (Å²) in [7, 11) is -6.00.